The first-order valence-electron chi connectivity index (χ1n) is 9.39. The molecule has 150 valence electrons. The van der Waals surface area contributed by atoms with Crippen LogP contribution in [0.4, 0.5) is 10.3 Å². The maximum Gasteiger partial charge on any atom is 0.232 e. The monoisotopic (exact) mass is 412 g/mol. The Bertz CT molecular complexity index is 1000. The van der Waals surface area contributed by atoms with E-state index in [1.807, 2.05) is 35.8 Å². The molecule has 0 radical (unpaired) electrons. The van der Waals surface area contributed by atoms with E-state index in [-0.39, 0.29) is 17.4 Å². The van der Waals surface area contributed by atoms with Gasteiger partial charge in [0.15, 0.2) is 10.9 Å². The number of anilines is 1. The zero-order chi connectivity index (χ0) is 20.2. The van der Waals surface area contributed by atoms with E-state index >= 15 is 0 Å². The highest BCUT2D eigenvalue weighted by molar-refractivity contribution is 7.99. The van der Waals surface area contributed by atoms with Crippen LogP contribution >= 0.6 is 11.8 Å². The van der Waals surface area contributed by atoms with E-state index in [0.29, 0.717) is 23.9 Å². The minimum absolute atomic E-state index is 0.0812. The van der Waals surface area contributed by atoms with Crippen LogP contribution in [0.3, 0.4) is 0 Å². The van der Waals surface area contributed by atoms with Crippen molar-refractivity contribution in [3.63, 3.8) is 0 Å². The summed E-state index contributed by atoms with van der Waals surface area (Å²) in [6.45, 7) is 4.81. The molecule has 0 bridgehead atoms. The lowest BCUT2D eigenvalue weighted by atomic mass is 10.1. The van der Waals surface area contributed by atoms with Gasteiger partial charge in [-0.05, 0) is 42.8 Å². The van der Waals surface area contributed by atoms with E-state index < -0.39 is 0 Å². The van der Waals surface area contributed by atoms with Gasteiger partial charge in [0.25, 0.3) is 0 Å². The van der Waals surface area contributed by atoms with Gasteiger partial charge in [-0.25, -0.2) is 4.39 Å². The van der Waals surface area contributed by atoms with Gasteiger partial charge in [-0.3, -0.25) is 9.36 Å². The number of benzene rings is 2. The van der Waals surface area contributed by atoms with Crippen molar-refractivity contribution < 1.29 is 13.9 Å². The third-order valence-corrected chi connectivity index (χ3v) is 5.69. The van der Waals surface area contributed by atoms with Gasteiger partial charge in [0, 0.05) is 18.7 Å². The number of Topliss-reactive ketones (excluding diaryl/α,β-unsaturated/α-hetero) is 1. The lowest BCUT2D eigenvalue weighted by molar-refractivity contribution is 0.102. The predicted molar refractivity (Wildman–Crippen MR) is 111 cm³/mol. The molecule has 1 aromatic heterocycles. The second-order valence-electron chi connectivity index (χ2n) is 6.72. The molecule has 1 saturated heterocycles. The lowest BCUT2D eigenvalue weighted by Crippen LogP contribution is -2.38. The topological polar surface area (TPSA) is 60.2 Å². The quantitative estimate of drug-likeness (QED) is 0.456. The summed E-state index contributed by atoms with van der Waals surface area (Å²) in [5.41, 5.74) is 2.55. The second-order valence-corrected chi connectivity index (χ2v) is 7.67. The summed E-state index contributed by atoms with van der Waals surface area (Å²) >= 11 is 1.33. The fraction of sp³-hybridized carbons (Fsp3) is 0.286. The van der Waals surface area contributed by atoms with Gasteiger partial charge in [-0.15, -0.1) is 10.2 Å². The van der Waals surface area contributed by atoms with Crippen LogP contribution in [0.2, 0.25) is 0 Å². The van der Waals surface area contributed by atoms with Crippen LogP contribution in [0, 0.1) is 12.7 Å². The van der Waals surface area contributed by atoms with E-state index in [1.165, 1.54) is 36.0 Å². The maximum absolute atomic E-state index is 13.1. The van der Waals surface area contributed by atoms with Gasteiger partial charge in [-0.1, -0.05) is 30.0 Å². The van der Waals surface area contributed by atoms with Gasteiger partial charge in [0.1, 0.15) is 5.82 Å². The molecule has 1 fully saturated rings. The largest absolute Gasteiger partial charge is 0.378 e. The van der Waals surface area contributed by atoms with Crippen LogP contribution in [-0.4, -0.2) is 52.6 Å². The first-order valence-corrected chi connectivity index (χ1v) is 10.4. The van der Waals surface area contributed by atoms with Crippen LogP contribution in [0.15, 0.2) is 53.7 Å². The number of carbonyl (C=O) groups is 1. The minimum atomic E-state index is -0.358. The molecular formula is C21H21FN4O2S. The Labute approximate surface area is 172 Å². The molecular weight excluding hydrogens is 391 g/mol. The van der Waals surface area contributed by atoms with Gasteiger partial charge >= 0.3 is 0 Å². The van der Waals surface area contributed by atoms with Gasteiger partial charge in [-0.2, -0.15) is 0 Å². The van der Waals surface area contributed by atoms with Crippen molar-refractivity contribution in [1.82, 2.24) is 14.8 Å². The Morgan fingerprint density at radius 2 is 1.83 bits per heavy atom. The number of morpholine rings is 1. The molecule has 4 rings (SSSR count). The fourth-order valence-electron chi connectivity index (χ4n) is 3.20. The number of aromatic nitrogens is 3. The average molecular weight is 412 g/mol. The molecule has 0 unspecified atom stereocenters. The van der Waals surface area contributed by atoms with E-state index in [4.69, 9.17) is 4.74 Å². The van der Waals surface area contributed by atoms with E-state index in [9.17, 15) is 9.18 Å². The third-order valence-electron chi connectivity index (χ3n) is 4.77. The molecule has 3 aromatic rings. The SMILES string of the molecule is Cc1ccccc1-n1c(SCC(=O)c2ccc(F)cc2)nnc1N1CCOCC1. The number of hydrogen-bond acceptors (Lipinski definition) is 6. The highest BCUT2D eigenvalue weighted by Crippen LogP contribution is 2.29. The summed E-state index contributed by atoms with van der Waals surface area (Å²) in [6.07, 6.45) is 0. The fourth-order valence-corrected chi connectivity index (χ4v) is 4.03. The number of hydrogen-bond donors (Lipinski definition) is 0. The number of carbonyl (C=O) groups excluding carboxylic acids is 1. The second kappa shape index (κ2) is 8.75. The molecule has 0 N–H and O–H groups in total. The van der Waals surface area contributed by atoms with Crippen molar-refractivity contribution in [3.8, 4) is 5.69 Å². The Morgan fingerprint density at radius 1 is 1.10 bits per heavy atom. The highest BCUT2D eigenvalue weighted by Gasteiger charge is 2.23. The third kappa shape index (κ3) is 4.33. The Hall–Kier alpha value is -2.71. The van der Waals surface area contributed by atoms with Crippen LogP contribution in [0.1, 0.15) is 15.9 Å². The minimum Gasteiger partial charge on any atom is -0.378 e. The molecule has 1 aliphatic rings. The van der Waals surface area contributed by atoms with Crippen LogP contribution in [-0.2, 0) is 4.74 Å². The van der Waals surface area contributed by atoms with Crippen LogP contribution < -0.4 is 4.90 Å². The zero-order valence-electron chi connectivity index (χ0n) is 16.0. The molecule has 8 heteroatoms. The van der Waals surface area contributed by atoms with Crippen molar-refractivity contribution in [3.05, 3.63) is 65.5 Å². The van der Waals surface area contributed by atoms with Crippen LogP contribution in [0.25, 0.3) is 5.69 Å². The number of aryl methyl sites for hydroxylation is 1. The summed E-state index contributed by atoms with van der Waals surface area (Å²) in [5, 5.41) is 9.44. The number of halogens is 1. The molecule has 6 nitrogen and oxygen atoms in total. The normalized spacial score (nSPS) is 14.2. The Kier molecular flexibility index (Phi) is 5.92. The summed E-state index contributed by atoms with van der Waals surface area (Å²) in [6, 6.07) is 13.6. The average Bonchev–Trinajstić information content (AvgIpc) is 3.17. The molecule has 0 atom stereocenters. The molecule has 0 aliphatic carbocycles. The molecule has 1 aliphatic heterocycles. The summed E-state index contributed by atoms with van der Waals surface area (Å²) in [4.78, 5) is 14.7. The Morgan fingerprint density at radius 3 is 2.55 bits per heavy atom. The molecule has 0 amide bonds. The zero-order valence-corrected chi connectivity index (χ0v) is 16.9. The number of ether oxygens (including phenoxy) is 1. The summed E-state index contributed by atoms with van der Waals surface area (Å²) < 4.78 is 20.6. The number of rotatable bonds is 6. The summed E-state index contributed by atoms with van der Waals surface area (Å²) in [7, 11) is 0. The highest BCUT2D eigenvalue weighted by atomic mass is 32.2. The first-order chi connectivity index (χ1) is 14.1. The van der Waals surface area contributed by atoms with Crippen molar-refractivity contribution >= 4 is 23.5 Å². The summed E-state index contributed by atoms with van der Waals surface area (Å²) in [5.74, 6) is 0.504. The van der Waals surface area contributed by atoms with Crippen molar-refractivity contribution in [2.75, 3.05) is 37.0 Å². The first kappa shape index (κ1) is 19.6. The number of ketones is 1. The van der Waals surface area contributed by atoms with E-state index in [0.717, 1.165) is 30.3 Å². The molecule has 2 heterocycles. The molecule has 29 heavy (non-hydrogen) atoms. The van der Waals surface area contributed by atoms with Crippen molar-refractivity contribution in [2.24, 2.45) is 0 Å². The number of thioether (sulfide) groups is 1. The maximum atomic E-state index is 13.1. The molecule has 0 spiro atoms. The van der Waals surface area contributed by atoms with E-state index in [2.05, 4.69) is 15.1 Å². The van der Waals surface area contributed by atoms with E-state index in [1.54, 1.807) is 0 Å². The number of nitrogens with zero attached hydrogens (tertiary/aromatic N) is 4. The van der Waals surface area contributed by atoms with Gasteiger partial charge in [0.05, 0.1) is 24.7 Å². The van der Waals surface area contributed by atoms with Gasteiger partial charge < -0.3 is 9.64 Å². The number of para-hydroxylation sites is 1. The van der Waals surface area contributed by atoms with Crippen molar-refractivity contribution in [1.29, 1.82) is 0 Å². The smallest absolute Gasteiger partial charge is 0.232 e. The van der Waals surface area contributed by atoms with Crippen molar-refractivity contribution in [2.45, 2.75) is 12.1 Å². The van der Waals surface area contributed by atoms with Gasteiger partial charge in [0.2, 0.25) is 5.95 Å². The molecule has 2 aromatic carbocycles. The standard InChI is InChI=1S/C21H21FN4O2S/c1-15-4-2-3-5-18(15)26-20(25-10-12-28-13-11-25)23-24-21(26)29-14-19(27)16-6-8-17(22)9-7-16/h2-9H,10-14H2,1H3. The predicted octanol–water partition coefficient (Wildman–Crippen LogP) is 3.53. The van der Waals surface area contributed by atoms with Crippen LogP contribution in [0.5, 0.6) is 0 Å². The lowest BCUT2D eigenvalue weighted by Gasteiger charge is -2.28. The Balaban J connectivity index is 1.62. The molecule has 0 saturated carbocycles.